The van der Waals surface area contributed by atoms with E-state index in [0.29, 0.717) is 13.2 Å². The summed E-state index contributed by atoms with van der Waals surface area (Å²) in [7, 11) is 0. The number of para-hydroxylation sites is 1. The molecule has 0 aliphatic carbocycles. The molecule has 0 radical (unpaired) electrons. The lowest BCUT2D eigenvalue weighted by Gasteiger charge is -2.11. The van der Waals surface area contributed by atoms with Gasteiger partial charge in [0.15, 0.2) is 0 Å². The largest absolute Gasteiger partial charge is 0.487 e. The van der Waals surface area contributed by atoms with Gasteiger partial charge < -0.3 is 10.5 Å². The van der Waals surface area contributed by atoms with Crippen LogP contribution in [0.25, 0.3) is 10.9 Å². The van der Waals surface area contributed by atoms with Crippen LogP contribution < -0.4 is 10.5 Å². The van der Waals surface area contributed by atoms with Crippen LogP contribution >= 0.6 is 0 Å². The van der Waals surface area contributed by atoms with Gasteiger partial charge in [0, 0.05) is 29.4 Å². The maximum atomic E-state index is 5.91. The first-order chi connectivity index (χ1) is 10.3. The summed E-state index contributed by atoms with van der Waals surface area (Å²) in [4.78, 5) is 8.76. The van der Waals surface area contributed by atoms with Crippen molar-refractivity contribution in [2.24, 2.45) is 5.73 Å². The van der Waals surface area contributed by atoms with Crippen molar-refractivity contribution < 1.29 is 4.74 Å². The highest BCUT2D eigenvalue weighted by molar-refractivity contribution is 5.81. The Kier molecular flexibility index (Phi) is 3.79. The van der Waals surface area contributed by atoms with Crippen LogP contribution in [0.2, 0.25) is 0 Å². The molecule has 0 aliphatic heterocycles. The second-order valence-corrected chi connectivity index (χ2v) is 4.88. The molecule has 0 atom stereocenters. The topological polar surface area (TPSA) is 61.0 Å². The molecule has 2 N–H and O–H groups in total. The van der Waals surface area contributed by atoms with Gasteiger partial charge in [0.1, 0.15) is 12.4 Å². The lowest BCUT2D eigenvalue weighted by atomic mass is 10.1. The van der Waals surface area contributed by atoms with Gasteiger partial charge in [-0.05, 0) is 31.2 Å². The Balaban J connectivity index is 1.87. The van der Waals surface area contributed by atoms with Crippen LogP contribution in [-0.2, 0) is 13.2 Å². The first-order valence-electron chi connectivity index (χ1n) is 6.90. The summed E-state index contributed by atoms with van der Waals surface area (Å²) in [5.41, 5.74) is 9.53. The second-order valence-electron chi connectivity index (χ2n) is 4.88. The molecule has 4 nitrogen and oxygen atoms in total. The number of ether oxygens (including phenoxy) is 1. The zero-order chi connectivity index (χ0) is 14.7. The van der Waals surface area contributed by atoms with Crippen molar-refractivity contribution in [3.05, 3.63) is 65.6 Å². The van der Waals surface area contributed by atoms with Crippen molar-refractivity contribution in [1.82, 2.24) is 9.97 Å². The number of benzene rings is 1. The monoisotopic (exact) mass is 279 g/mol. The van der Waals surface area contributed by atoms with Gasteiger partial charge in [0.2, 0.25) is 0 Å². The van der Waals surface area contributed by atoms with Crippen molar-refractivity contribution in [2.75, 3.05) is 0 Å². The summed E-state index contributed by atoms with van der Waals surface area (Å²) in [6, 6.07) is 13.9. The van der Waals surface area contributed by atoms with Crippen molar-refractivity contribution in [3.63, 3.8) is 0 Å². The number of nitrogens with two attached hydrogens (primary N) is 1. The third-order valence-electron chi connectivity index (χ3n) is 3.39. The molecule has 3 rings (SSSR count). The Morgan fingerprint density at radius 1 is 1.10 bits per heavy atom. The van der Waals surface area contributed by atoms with Crippen molar-refractivity contribution in [1.29, 1.82) is 0 Å². The molecule has 2 heterocycles. The smallest absolute Gasteiger partial charge is 0.142 e. The van der Waals surface area contributed by atoms with E-state index >= 15 is 0 Å². The van der Waals surface area contributed by atoms with Crippen LogP contribution in [0, 0.1) is 6.92 Å². The molecule has 0 fully saturated rings. The van der Waals surface area contributed by atoms with Crippen LogP contribution in [0.15, 0.2) is 48.7 Å². The van der Waals surface area contributed by atoms with E-state index in [0.717, 1.165) is 33.6 Å². The molecular weight excluding hydrogens is 262 g/mol. The fraction of sp³-hybridized carbons (Fsp3) is 0.176. The number of hydrogen-bond donors (Lipinski definition) is 1. The van der Waals surface area contributed by atoms with Gasteiger partial charge in [-0.3, -0.25) is 9.97 Å². The molecule has 2 aromatic heterocycles. The van der Waals surface area contributed by atoms with E-state index in [1.807, 2.05) is 43.3 Å². The average Bonchev–Trinajstić information content (AvgIpc) is 2.53. The van der Waals surface area contributed by atoms with Crippen molar-refractivity contribution in [2.45, 2.75) is 20.1 Å². The minimum absolute atomic E-state index is 0.369. The Labute approximate surface area is 123 Å². The highest BCUT2D eigenvalue weighted by atomic mass is 16.5. The molecule has 0 aliphatic rings. The summed E-state index contributed by atoms with van der Waals surface area (Å²) in [5, 5.41) is 1.11. The predicted octanol–water partition coefficient (Wildman–Crippen LogP) is 2.98. The van der Waals surface area contributed by atoms with E-state index in [-0.39, 0.29) is 0 Å². The Morgan fingerprint density at radius 3 is 2.81 bits per heavy atom. The van der Waals surface area contributed by atoms with E-state index in [2.05, 4.69) is 16.0 Å². The molecule has 0 saturated heterocycles. The number of fused-ring (bicyclic) bond motifs is 1. The fourth-order valence-corrected chi connectivity index (χ4v) is 2.31. The quantitative estimate of drug-likeness (QED) is 0.797. The summed E-state index contributed by atoms with van der Waals surface area (Å²) < 4.78 is 5.91. The number of hydrogen-bond acceptors (Lipinski definition) is 4. The van der Waals surface area contributed by atoms with Gasteiger partial charge in [-0.25, -0.2) is 0 Å². The van der Waals surface area contributed by atoms with Crippen LogP contribution in [-0.4, -0.2) is 9.97 Å². The van der Waals surface area contributed by atoms with E-state index in [1.54, 1.807) is 6.20 Å². The minimum atomic E-state index is 0.369. The molecule has 21 heavy (non-hydrogen) atoms. The van der Waals surface area contributed by atoms with E-state index < -0.39 is 0 Å². The first-order valence-corrected chi connectivity index (χ1v) is 6.90. The molecule has 106 valence electrons. The molecule has 0 saturated carbocycles. The SMILES string of the molecule is Cc1ccc(OCc2ccnc3ccccc23)c(CN)n1. The second kappa shape index (κ2) is 5.89. The molecule has 0 amide bonds. The highest BCUT2D eigenvalue weighted by Crippen LogP contribution is 2.21. The maximum absolute atomic E-state index is 5.91. The normalized spacial score (nSPS) is 10.8. The molecule has 1 aromatic carbocycles. The third-order valence-corrected chi connectivity index (χ3v) is 3.39. The number of rotatable bonds is 4. The summed E-state index contributed by atoms with van der Waals surface area (Å²) in [5.74, 6) is 0.740. The van der Waals surface area contributed by atoms with Crippen LogP contribution in [0.3, 0.4) is 0 Å². The summed E-state index contributed by atoms with van der Waals surface area (Å²) in [6.07, 6.45) is 1.80. The number of aryl methyl sites for hydroxylation is 1. The predicted molar refractivity (Wildman–Crippen MR) is 82.9 cm³/mol. The molecule has 0 bridgehead atoms. The number of aromatic nitrogens is 2. The van der Waals surface area contributed by atoms with E-state index in [9.17, 15) is 0 Å². The van der Waals surface area contributed by atoms with Crippen molar-refractivity contribution in [3.8, 4) is 5.75 Å². The van der Waals surface area contributed by atoms with Gasteiger partial charge in [-0.1, -0.05) is 18.2 Å². The number of nitrogens with zero attached hydrogens (tertiary/aromatic N) is 2. The van der Waals surface area contributed by atoms with Crippen molar-refractivity contribution >= 4 is 10.9 Å². The molecule has 4 heteroatoms. The zero-order valence-corrected chi connectivity index (χ0v) is 11.9. The van der Waals surface area contributed by atoms with E-state index in [1.165, 1.54) is 0 Å². The first kappa shape index (κ1) is 13.5. The molecule has 0 spiro atoms. The molecule has 0 unspecified atom stereocenters. The number of pyridine rings is 2. The third kappa shape index (κ3) is 2.85. The zero-order valence-electron chi connectivity index (χ0n) is 11.9. The maximum Gasteiger partial charge on any atom is 0.142 e. The minimum Gasteiger partial charge on any atom is -0.487 e. The van der Waals surface area contributed by atoms with Crippen LogP contribution in [0.4, 0.5) is 0 Å². The Bertz CT molecular complexity index is 766. The van der Waals surface area contributed by atoms with Gasteiger partial charge in [-0.2, -0.15) is 0 Å². The van der Waals surface area contributed by atoms with E-state index in [4.69, 9.17) is 10.5 Å². The standard InChI is InChI=1S/C17H17N3O/c1-12-6-7-17(16(10-18)20-12)21-11-13-8-9-19-15-5-3-2-4-14(13)15/h2-9H,10-11,18H2,1H3. The highest BCUT2D eigenvalue weighted by Gasteiger charge is 2.06. The summed E-state index contributed by atoms with van der Waals surface area (Å²) >= 11 is 0. The van der Waals surface area contributed by atoms with Crippen LogP contribution in [0.5, 0.6) is 5.75 Å². The van der Waals surface area contributed by atoms with Gasteiger partial charge in [0.05, 0.1) is 11.2 Å². The molecular formula is C17H17N3O. The molecule has 3 aromatic rings. The van der Waals surface area contributed by atoms with Gasteiger partial charge in [0.25, 0.3) is 0 Å². The lowest BCUT2D eigenvalue weighted by Crippen LogP contribution is -2.06. The average molecular weight is 279 g/mol. The Hall–Kier alpha value is -2.46. The van der Waals surface area contributed by atoms with Crippen LogP contribution in [0.1, 0.15) is 17.0 Å². The summed E-state index contributed by atoms with van der Waals surface area (Å²) in [6.45, 7) is 2.79. The Morgan fingerprint density at radius 2 is 1.95 bits per heavy atom. The van der Waals surface area contributed by atoms with Gasteiger partial charge in [-0.15, -0.1) is 0 Å². The van der Waals surface area contributed by atoms with Gasteiger partial charge >= 0.3 is 0 Å². The fourth-order valence-electron chi connectivity index (χ4n) is 2.31. The lowest BCUT2D eigenvalue weighted by molar-refractivity contribution is 0.302.